The Balaban J connectivity index is 2.11. The Morgan fingerprint density at radius 1 is 1.38 bits per heavy atom. The molecule has 0 aliphatic carbocycles. The van der Waals surface area contributed by atoms with Gasteiger partial charge in [0.25, 0.3) is 0 Å². The zero-order chi connectivity index (χ0) is 15.4. The molecule has 0 unspecified atom stereocenters. The van der Waals surface area contributed by atoms with Crippen LogP contribution in [-0.2, 0) is 16.1 Å². The van der Waals surface area contributed by atoms with Crippen molar-refractivity contribution >= 4 is 11.8 Å². The largest absolute Gasteiger partial charge is 0.369 e. The van der Waals surface area contributed by atoms with Crippen LogP contribution in [0.3, 0.4) is 0 Å². The molecule has 1 aliphatic rings. The summed E-state index contributed by atoms with van der Waals surface area (Å²) >= 11 is 0. The highest BCUT2D eigenvalue weighted by Crippen LogP contribution is 2.14. The van der Waals surface area contributed by atoms with Crippen LogP contribution in [0.4, 0.5) is 0 Å². The highest BCUT2D eigenvalue weighted by molar-refractivity contribution is 5.79. The van der Waals surface area contributed by atoms with E-state index in [0.29, 0.717) is 26.2 Å². The van der Waals surface area contributed by atoms with E-state index in [1.54, 1.807) is 11.1 Å². The molecule has 6 heteroatoms. The van der Waals surface area contributed by atoms with Crippen LogP contribution >= 0.6 is 0 Å². The SMILES string of the molecule is CC(=O)N1CCN(Cc2ncccc2C)C[C@H](C(N)=O)C1. The minimum atomic E-state index is -0.356. The standard InChI is InChI=1S/C15H22N4O2/c1-11-4-3-5-17-14(11)10-18-6-7-19(12(2)20)9-13(8-18)15(16)21/h3-5,13H,6-10H2,1-2H3,(H2,16,21)/t13-/m0/s1. The molecular formula is C15H22N4O2. The number of rotatable bonds is 3. The average molecular weight is 290 g/mol. The van der Waals surface area contributed by atoms with Gasteiger partial charge in [0.1, 0.15) is 0 Å². The lowest BCUT2D eigenvalue weighted by Gasteiger charge is -2.22. The van der Waals surface area contributed by atoms with Gasteiger partial charge in [-0.1, -0.05) is 6.07 Å². The molecule has 6 nitrogen and oxygen atoms in total. The summed E-state index contributed by atoms with van der Waals surface area (Å²) in [5.74, 6) is -0.705. The van der Waals surface area contributed by atoms with Crippen molar-refractivity contribution in [2.75, 3.05) is 26.2 Å². The lowest BCUT2D eigenvalue weighted by atomic mass is 10.1. The first-order valence-electron chi connectivity index (χ1n) is 7.15. The van der Waals surface area contributed by atoms with E-state index in [4.69, 9.17) is 5.73 Å². The van der Waals surface area contributed by atoms with Crippen LogP contribution in [-0.4, -0.2) is 52.8 Å². The van der Waals surface area contributed by atoms with Crippen molar-refractivity contribution < 1.29 is 9.59 Å². The number of nitrogens with two attached hydrogens (primary N) is 1. The van der Waals surface area contributed by atoms with E-state index in [1.807, 2.05) is 19.1 Å². The molecule has 21 heavy (non-hydrogen) atoms. The Hall–Kier alpha value is -1.95. The van der Waals surface area contributed by atoms with E-state index in [9.17, 15) is 9.59 Å². The molecule has 1 aliphatic heterocycles. The van der Waals surface area contributed by atoms with Crippen LogP contribution in [0.5, 0.6) is 0 Å². The van der Waals surface area contributed by atoms with Gasteiger partial charge in [0, 0.05) is 45.8 Å². The summed E-state index contributed by atoms with van der Waals surface area (Å²) in [5.41, 5.74) is 7.59. The molecule has 0 spiro atoms. The Morgan fingerprint density at radius 2 is 2.14 bits per heavy atom. The number of primary amides is 1. The van der Waals surface area contributed by atoms with Crippen molar-refractivity contribution in [3.8, 4) is 0 Å². The van der Waals surface area contributed by atoms with Gasteiger partial charge in [-0.05, 0) is 18.6 Å². The molecule has 0 bridgehead atoms. The lowest BCUT2D eigenvalue weighted by molar-refractivity contribution is -0.130. The van der Waals surface area contributed by atoms with E-state index in [0.717, 1.165) is 17.8 Å². The van der Waals surface area contributed by atoms with Crippen molar-refractivity contribution in [2.45, 2.75) is 20.4 Å². The summed E-state index contributed by atoms with van der Waals surface area (Å²) in [6.07, 6.45) is 1.77. The predicted octanol–water partition coefficient (Wildman–Crippen LogP) is 0.156. The fourth-order valence-electron chi connectivity index (χ4n) is 2.59. The summed E-state index contributed by atoms with van der Waals surface area (Å²) in [6.45, 7) is 6.52. The number of aryl methyl sites for hydroxylation is 1. The summed E-state index contributed by atoms with van der Waals surface area (Å²) < 4.78 is 0. The Morgan fingerprint density at radius 3 is 2.76 bits per heavy atom. The molecule has 1 atom stereocenters. The Kier molecular flexibility index (Phi) is 4.90. The third-order valence-corrected chi connectivity index (χ3v) is 3.94. The molecule has 1 aromatic heterocycles. The van der Waals surface area contributed by atoms with E-state index in [2.05, 4.69) is 9.88 Å². The third kappa shape index (κ3) is 4.01. The van der Waals surface area contributed by atoms with Crippen LogP contribution in [0.25, 0.3) is 0 Å². The summed E-state index contributed by atoms with van der Waals surface area (Å²) in [5, 5.41) is 0. The number of carbonyl (C=O) groups is 2. The summed E-state index contributed by atoms with van der Waals surface area (Å²) in [7, 11) is 0. The highest BCUT2D eigenvalue weighted by atomic mass is 16.2. The zero-order valence-corrected chi connectivity index (χ0v) is 12.6. The highest BCUT2D eigenvalue weighted by Gasteiger charge is 2.27. The second-order valence-electron chi connectivity index (χ2n) is 5.57. The van der Waals surface area contributed by atoms with E-state index >= 15 is 0 Å². The third-order valence-electron chi connectivity index (χ3n) is 3.94. The van der Waals surface area contributed by atoms with Crippen LogP contribution < -0.4 is 5.73 Å². The molecule has 0 radical (unpaired) electrons. The lowest BCUT2D eigenvalue weighted by Crippen LogP contribution is -2.39. The molecule has 1 saturated heterocycles. The molecule has 2 N–H and O–H groups in total. The van der Waals surface area contributed by atoms with E-state index < -0.39 is 0 Å². The summed E-state index contributed by atoms with van der Waals surface area (Å²) in [4.78, 5) is 31.4. The van der Waals surface area contributed by atoms with Crippen molar-refractivity contribution in [3.63, 3.8) is 0 Å². The van der Waals surface area contributed by atoms with Crippen LogP contribution in [0.1, 0.15) is 18.2 Å². The van der Waals surface area contributed by atoms with Crippen LogP contribution in [0.15, 0.2) is 18.3 Å². The molecular weight excluding hydrogens is 268 g/mol. The second kappa shape index (κ2) is 6.67. The van der Waals surface area contributed by atoms with Crippen LogP contribution in [0.2, 0.25) is 0 Å². The number of amides is 2. The number of pyridine rings is 1. The van der Waals surface area contributed by atoms with Crippen molar-refractivity contribution in [2.24, 2.45) is 11.7 Å². The molecule has 2 rings (SSSR count). The molecule has 114 valence electrons. The monoisotopic (exact) mass is 290 g/mol. The average Bonchev–Trinajstić information content (AvgIpc) is 2.64. The maximum absolute atomic E-state index is 11.6. The molecule has 1 fully saturated rings. The van der Waals surface area contributed by atoms with Gasteiger partial charge in [0.2, 0.25) is 11.8 Å². The number of aromatic nitrogens is 1. The maximum Gasteiger partial charge on any atom is 0.223 e. The number of nitrogens with zero attached hydrogens (tertiary/aromatic N) is 3. The van der Waals surface area contributed by atoms with Crippen LogP contribution in [0, 0.1) is 12.8 Å². The van der Waals surface area contributed by atoms with Gasteiger partial charge in [-0.2, -0.15) is 0 Å². The molecule has 2 heterocycles. The summed E-state index contributed by atoms with van der Waals surface area (Å²) in [6, 6.07) is 3.93. The molecule has 0 saturated carbocycles. The first-order chi connectivity index (χ1) is 9.97. The van der Waals surface area contributed by atoms with Crippen molar-refractivity contribution in [1.82, 2.24) is 14.8 Å². The quantitative estimate of drug-likeness (QED) is 0.860. The van der Waals surface area contributed by atoms with Crippen molar-refractivity contribution in [1.29, 1.82) is 0 Å². The fourth-order valence-corrected chi connectivity index (χ4v) is 2.59. The fraction of sp³-hybridized carbons (Fsp3) is 0.533. The number of hydrogen-bond donors (Lipinski definition) is 1. The Labute approximate surface area is 124 Å². The smallest absolute Gasteiger partial charge is 0.223 e. The maximum atomic E-state index is 11.6. The van der Waals surface area contributed by atoms with E-state index in [1.165, 1.54) is 6.92 Å². The predicted molar refractivity (Wildman–Crippen MR) is 79.2 cm³/mol. The minimum absolute atomic E-state index is 0.0166. The number of hydrogen-bond acceptors (Lipinski definition) is 4. The van der Waals surface area contributed by atoms with Gasteiger partial charge in [0.15, 0.2) is 0 Å². The normalized spacial score (nSPS) is 20.1. The van der Waals surface area contributed by atoms with Crippen molar-refractivity contribution in [3.05, 3.63) is 29.6 Å². The Bertz CT molecular complexity index is 532. The molecule has 2 amide bonds. The molecule has 0 aromatic carbocycles. The zero-order valence-electron chi connectivity index (χ0n) is 12.6. The van der Waals surface area contributed by atoms with Gasteiger partial charge >= 0.3 is 0 Å². The first kappa shape index (κ1) is 15.4. The van der Waals surface area contributed by atoms with Gasteiger partial charge in [-0.25, -0.2) is 0 Å². The van der Waals surface area contributed by atoms with Gasteiger partial charge in [-0.15, -0.1) is 0 Å². The first-order valence-corrected chi connectivity index (χ1v) is 7.15. The second-order valence-corrected chi connectivity index (χ2v) is 5.57. The number of carbonyl (C=O) groups excluding carboxylic acids is 2. The molecule has 1 aromatic rings. The topological polar surface area (TPSA) is 79.5 Å². The van der Waals surface area contributed by atoms with E-state index in [-0.39, 0.29) is 17.7 Å². The minimum Gasteiger partial charge on any atom is -0.369 e. The van der Waals surface area contributed by atoms with Gasteiger partial charge in [-0.3, -0.25) is 19.5 Å². The van der Waals surface area contributed by atoms with Gasteiger partial charge < -0.3 is 10.6 Å². The van der Waals surface area contributed by atoms with Gasteiger partial charge in [0.05, 0.1) is 11.6 Å².